The molecule has 0 radical (unpaired) electrons. The number of aryl methyl sites for hydroxylation is 1. The van der Waals surface area contributed by atoms with Gasteiger partial charge in [0, 0.05) is 48.7 Å². The third-order valence-electron chi connectivity index (χ3n) is 6.78. The van der Waals surface area contributed by atoms with Crippen LogP contribution in [-0.2, 0) is 6.42 Å². The number of aliphatic imine (C=N–C) groups is 1. The summed E-state index contributed by atoms with van der Waals surface area (Å²) >= 11 is 0. The number of nitrogens with two attached hydrogens (primary N) is 1. The number of benzene rings is 2. The summed E-state index contributed by atoms with van der Waals surface area (Å²) in [5.74, 6) is 0.857. The summed E-state index contributed by atoms with van der Waals surface area (Å²) < 4.78 is 5.87. The predicted octanol–water partition coefficient (Wildman–Crippen LogP) is 3.40. The van der Waals surface area contributed by atoms with E-state index < -0.39 is 0 Å². The highest BCUT2D eigenvalue weighted by Crippen LogP contribution is 2.33. The van der Waals surface area contributed by atoms with E-state index in [1.54, 1.807) is 19.2 Å². The molecule has 2 heterocycles. The molecule has 196 valence electrons. The summed E-state index contributed by atoms with van der Waals surface area (Å²) in [7, 11) is 3.80. The number of carbonyl (C=O) groups is 1. The average Bonchev–Trinajstić information content (AvgIpc) is 2.91. The molecule has 9 heteroatoms. The Balaban J connectivity index is 1.43. The third-order valence-corrected chi connectivity index (χ3v) is 6.78. The van der Waals surface area contributed by atoms with E-state index in [1.807, 2.05) is 56.6 Å². The summed E-state index contributed by atoms with van der Waals surface area (Å²) in [6.45, 7) is 4.07. The van der Waals surface area contributed by atoms with Gasteiger partial charge in [-0.25, -0.2) is 9.97 Å². The standard InChI is InChI=1S/C29H33N7O2/c1-4-38-24-14-19(28(37)33-21-16-36(3)17-21)11-13-23(24)34-29-32-15-20-10-12-22(30)25(27(20)35-29)26(31-2)18-8-6-5-7-9-18/h5-9,11,13-15,21H,4,10,12,16-17,30H2,1-3H3,(H,33,37)(H,32,34,35). The second-order valence-electron chi connectivity index (χ2n) is 9.57. The SMILES string of the molecule is CCOc1cc(C(=O)NC2CN(C)C2)ccc1Nc1ncc2c(n1)C(C(=NC)c1ccccc1)=C(N)CC2. The number of anilines is 2. The molecule has 0 saturated carbocycles. The minimum Gasteiger partial charge on any atom is -0.492 e. The average molecular weight is 512 g/mol. The van der Waals surface area contributed by atoms with Crippen LogP contribution in [0, 0.1) is 0 Å². The molecule has 38 heavy (non-hydrogen) atoms. The minimum absolute atomic E-state index is 0.113. The van der Waals surface area contributed by atoms with Crippen LogP contribution >= 0.6 is 0 Å². The zero-order chi connectivity index (χ0) is 26.6. The van der Waals surface area contributed by atoms with Crippen molar-refractivity contribution in [1.82, 2.24) is 20.2 Å². The molecule has 5 rings (SSSR count). The Bertz CT molecular complexity index is 1400. The number of nitrogens with zero attached hydrogens (tertiary/aromatic N) is 4. The second-order valence-corrected chi connectivity index (χ2v) is 9.57. The number of rotatable bonds is 8. The lowest BCUT2D eigenvalue weighted by Crippen LogP contribution is -2.57. The molecule has 4 N–H and O–H groups in total. The van der Waals surface area contributed by atoms with E-state index in [1.165, 1.54) is 0 Å². The molecular weight excluding hydrogens is 478 g/mol. The predicted molar refractivity (Wildman–Crippen MR) is 150 cm³/mol. The molecule has 0 atom stereocenters. The van der Waals surface area contributed by atoms with E-state index in [9.17, 15) is 4.79 Å². The smallest absolute Gasteiger partial charge is 0.251 e. The van der Waals surface area contributed by atoms with Gasteiger partial charge < -0.3 is 26.0 Å². The highest BCUT2D eigenvalue weighted by Gasteiger charge is 2.26. The number of likely N-dealkylation sites (N-methyl/N-ethyl adjacent to an activating group) is 1. The van der Waals surface area contributed by atoms with Crippen LogP contribution in [0.4, 0.5) is 11.6 Å². The van der Waals surface area contributed by atoms with Crippen molar-refractivity contribution in [3.8, 4) is 5.75 Å². The topological polar surface area (TPSA) is 118 Å². The third kappa shape index (κ3) is 5.24. The van der Waals surface area contributed by atoms with Gasteiger partial charge in [-0.1, -0.05) is 30.3 Å². The molecule has 1 aliphatic carbocycles. The number of allylic oxidation sites excluding steroid dienone is 2. The number of hydrogen-bond acceptors (Lipinski definition) is 8. The first kappa shape index (κ1) is 25.4. The lowest BCUT2D eigenvalue weighted by molar-refractivity contribution is 0.0857. The van der Waals surface area contributed by atoms with Crippen LogP contribution < -0.4 is 21.1 Å². The Labute approximate surface area is 222 Å². The summed E-state index contributed by atoms with van der Waals surface area (Å²) in [4.78, 5) is 28.9. The van der Waals surface area contributed by atoms with Crippen molar-refractivity contribution in [2.75, 3.05) is 39.1 Å². The molecule has 0 unspecified atom stereocenters. The van der Waals surface area contributed by atoms with E-state index in [0.29, 0.717) is 29.6 Å². The Morgan fingerprint density at radius 3 is 2.66 bits per heavy atom. The van der Waals surface area contributed by atoms with E-state index >= 15 is 0 Å². The molecule has 3 aromatic rings. The lowest BCUT2D eigenvalue weighted by Gasteiger charge is -2.36. The molecule has 0 bridgehead atoms. The molecule has 2 aliphatic rings. The quantitative estimate of drug-likeness (QED) is 0.397. The van der Waals surface area contributed by atoms with E-state index in [2.05, 4.69) is 25.5 Å². The highest BCUT2D eigenvalue weighted by molar-refractivity contribution is 6.32. The van der Waals surface area contributed by atoms with E-state index in [0.717, 1.165) is 59.7 Å². The molecule has 1 aliphatic heterocycles. The van der Waals surface area contributed by atoms with Crippen molar-refractivity contribution in [2.45, 2.75) is 25.8 Å². The number of likely N-dealkylation sites (tertiary alicyclic amines) is 1. The van der Waals surface area contributed by atoms with Crippen molar-refractivity contribution < 1.29 is 9.53 Å². The number of carbonyl (C=O) groups excluding carboxylic acids is 1. The van der Waals surface area contributed by atoms with Crippen LogP contribution in [0.3, 0.4) is 0 Å². The molecule has 1 amide bonds. The van der Waals surface area contributed by atoms with Crippen LogP contribution in [0.1, 0.15) is 40.5 Å². The maximum absolute atomic E-state index is 12.8. The van der Waals surface area contributed by atoms with Gasteiger partial charge in [0.25, 0.3) is 5.91 Å². The first-order chi connectivity index (χ1) is 18.5. The van der Waals surface area contributed by atoms with Crippen molar-refractivity contribution >= 4 is 28.8 Å². The van der Waals surface area contributed by atoms with Gasteiger partial charge in [-0.05, 0) is 50.6 Å². The fraction of sp³-hybridized carbons (Fsp3) is 0.310. The van der Waals surface area contributed by atoms with Gasteiger partial charge >= 0.3 is 0 Å². The van der Waals surface area contributed by atoms with E-state index in [-0.39, 0.29) is 11.9 Å². The second kappa shape index (κ2) is 11.0. The molecular formula is C29H33N7O2. The minimum atomic E-state index is -0.113. The Morgan fingerprint density at radius 1 is 1.16 bits per heavy atom. The number of nitrogens with one attached hydrogen (secondary N) is 2. The first-order valence-electron chi connectivity index (χ1n) is 12.9. The number of aromatic nitrogens is 2. The largest absolute Gasteiger partial charge is 0.492 e. The molecule has 1 saturated heterocycles. The van der Waals surface area contributed by atoms with Crippen LogP contribution in [0.25, 0.3) is 5.57 Å². The van der Waals surface area contributed by atoms with Gasteiger partial charge in [-0.2, -0.15) is 0 Å². The Hall–Kier alpha value is -4.24. The Kier molecular flexibility index (Phi) is 7.37. The zero-order valence-corrected chi connectivity index (χ0v) is 22.0. The number of hydrogen-bond donors (Lipinski definition) is 3. The summed E-state index contributed by atoms with van der Waals surface area (Å²) in [6.07, 6.45) is 3.33. The van der Waals surface area contributed by atoms with Gasteiger partial charge in [0.1, 0.15) is 5.75 Å². The van der Waals surface area contributed by atoms with Crippen LogP contribution in [0.2, 0.25) is 0 Å². The van der Waals surface area contributed by atoms with E-state index in [4.69, 9.17) is 15.5 Å². The van der Waals surface area contributed by atoms with Gasteiger partial charge in [-0.15, -0.1) is 0 Å². The van der Waals surface area contributed by atoms with Crippen molar-refractivity contribution in [3.05, 3.63) is 82.8 Å². The molecule has 2 aromatic carbocycles. The van der Waals surface area contributed by atoms with Crippen LogP contribution in [0.15, 0.2) is 65.4 Å². The molecule has 0 spiro atoms. The molecule has 1 fully saturated rings. The highest BCUT2D eigenvalue weighted by atomic mass is 16.5. The maximum Gasteiger partial charge on any atom is 0.251 e. The fourth-order valence-electron chi connectivity index (χ4n) is 4.88. The maximum atomic E-state index is 12.8. The lowest BCUT2D eigenvalue weighted by atomic mass is 9.88. The van der Waals surface area contributed by atoms with Crippen molar-refractivity contribution in [2.24, 2.45) is 10.7 Å². The van der Waals surface area contributed by atoms with Crippen molar-refractivity contribution in [1.29, 1.82) is 0 Å². The summed E-state index contributed by atoms with van der Waals surface area (Å²) in [6, 6.07) is 15.5. The van der Waals surface area contributed by atoms with Gasteiger partial charge in [0.2, 0.25) is 5.95 Å². The number of ether oxygens (including phenoxy) is 1. The van der Waals surface area contributed by atoms with Gasteiger partial charge in [0.15, 0.2) is 0 Å². The van der Waals surface area contributed by atoms with Crippen molar-refractivity contribution in [3.63, 3.8) is 0 Å². The van der Waals surface area contributed by atoms with Crippen LogP contribution in [0.5, 0.6) is 5.75 Å². The molecule has 1 aromatic heterocycles. The number of amides is 1. The number of fused-ring (bicyclic) bond motifs is 1. The monoisotopic (exact) mass is 511 g/mol. The fourth-order valence-corrected chi connectivity index (χ4v) is 4.88. The van der Waals surface area contributed by atoms with Gasteiger partial charge in [0.05, 0.1) is 29.7 Å². The normalized spacial score (nSPS) is 16.0. The van der Waals surface area contributed by atoms with Gasteiger partial charge in [-0.3, -0.25) is 9.79 Å². The zero-order valence-electron chi connectivity index (χ0n) is 22.0. The Morgan fingerprint density at radius 2 is 1.95 bits per heavy atom. The summed E-state index contributed by atoms with van der Waals surface area (Å²) in [5, 5.41) is 6.35. The summed E-state index contributed by atoms with van der Waals surface area (Å²) in [5.41, 5.74) is 12.9. The first-order valence-corrected chi connectivity index (χ1v) is 12.9. The molecule has 9 nitrogen and oxygen atoms in total. The van der Waals surface area contributed by atoms with Crippen LogP contribution in [-0.4, -0.2) is 66.3 Å².